The van der Waals surface area contributed by atoms with Crippen LogP contribution in [0.4, 0.5) is 33.3 Å². The number of carbonyl (C=O) groups excluding carboxylic acids is 1. The van der Waals surface area contributed by atoms with Gasteiger partial charge in [0.1, 0.15) is 5.75 Å². The lowest BCUT2D eigenvalue weighted by Crippen LogP contribution is -2.21. The van der Waals surface area contributed by atoms with Gasteiger partial charge in [-0.05, 0) is 84.5 Å². The number of benzene rings is 3. The third-order valence-corrected chi connectivity index (χ3v) is 5.68. The molecule has 0 bridgehead atoms. The highest BCUT2D eigenvalue weighted by Crippen LogP contribution is 2.32. The summed E-state index contributed by atoms with van der Waals surface area (Å²) in [5, 5.41) is 0. The summed E-state index contributed by atoms with van der Waals surface area (Å²) in [5.41, 5.74) is 14.2. The van der Waals surface area contributed by atoms with E-state index in [1.807, 2.05) is 0 Å². The third-order valence-electron chi connectivity index (χ3n) is 5.68. The average molecular weight is 549 g/mol. The Hall–Kier alpha value is -4.08. The van der Waals surface area contributed by atoms with E-state index in [1.165, 1.54) is 60.7 Å². The highest BCUT2D eigenvalue weighted by atomic mass is 19.4. The van der Waals surface area contributed by atoms with Crippen LogP contribution in [0.3, 0.4) is 0 Å². The Morgan fingerprint density at radius 3 is 2.05 bits per heavy atom. The van der Waals surface area contributed by atoms with Crippen molar-refractivity contribution in [3.63, 3.8) is 0 Å². The predicted octanol–water partition coefficient (Wildman–Crippen LogP) is 7.05. The topological polar surface area (TPSA) is 87.6 Å². The lowest BCUT2D eigenvalue weighted by molar-refractivity contribution is -0.185. The lowest BCUT2D eigenvalue weighted by Gasteiger charge is -2.18. The van der Waals surface area contributed by atoms with Gasteiger partial charge in [0.15, 0.2) is 0 Å². The Labute approximate surface area is 223 Å². The van der Waals surface area contributed by atoms with Crippen molar-refractivity contribution in [2.75, 3.05) is 18.1 Å². The van der Waals surface area contributed by atoms with Crippen molar-refractivity contribution in [1.29, 1.82) is 0 Å². The molecule has 3 aromatic rings. The largest absolute Gasteiger partial charge is 0.462 e. The van der Waals surface area contributed by atoms with E-state index in [9.17, 15) is 26.7 Å². The molecule has 0 aliphatic rings. The van der Waals surface area contributed by atoms with E-state index in [0.29, 0.717) is 41.8 Å². The van der Waals surface area contributed by atoms with Crippen LogP contribution in [-0.4, -0.2) is 18.8 Å². The standard InChI is InChI=1S/C29H29F5N2O3/c30-28(31,32)15-2-1-3-20-4-9-23(10-5-20)29(33,34)39-26-11-6-21(7-12-26)8-13-27(37)38-16-14-22-17-24(35)19-25(36)18-22/h4-13,17-19H,1-3,14-16,35-36H2/b13-8+. The normalized spacial score (nSPS) is 12.0. The van der Waals surface area contributed by atoms with Crippen LogP contribution in [0.2, 0.25) is 0 Å². The zero-order chi connectivity index (χ0) is 28.5. The van der Waals surface area contributed by atoms with Crippen LogP contribution < -0.4 is 16.2 Å². The van der Waals surface area contributed by atoms with Crippen LogP contribution in [0.25, 0.3) is 6.08 Å². The number of hydrogen-bond donors (Lipinski definition) is 2. The molecule has 3 rings (SSSR count). The number of unbranched alkanes of at least 4 members (excludes halogenated alkanes) is 1. The van der Waals surface area contributed by atoms with Crippen molar-refractivity contribution < 1.29 is 36.2 Å². The van der Waals surface area contributed by atoms with Crippen molar-refractivity contribution in [3.8, 4) is 5.75 Å². The minimum atomic E-state index is -4.20. The predicted molar refractivity (Wildman–Crippen MR) is 140 cm³/mol. The van der Waals surface area contributed by atoms with E-state index in [-0.39, 0.29) is 24.3 Å². The zero-order valence-corrected chi connectivity index (χ0v) is 21.0. The van der Waals surface area contributed by atoms with Gasteiger partial charge in [-0.2, -0.15) is 22.0 Å². The van der Waals surface area contributed by atoms with E-state index >= 15 is 0 Å². The number of ether oxygens (including phenoxy) is 2. The van der Waals surface area contributed by atoms with Crippen molar-refractivity contribution in [1.82, 2.24) is 0 Å². The number of alkyl halides is 5. The molecule has 0 fully saturated rings. The maximum Gasteiger partial charge on any atom is 0.426 e. The fourth-order valence-electron chi connectivity index (χ4n) is 3.75. The first-order chi connectivity index (χ1) is 18.4. The minimum Gasteiger partial charge on any atom is -0.462 e. The van der Waals surface area contributed by atoms with Gasteiger partial charge < -0.3 is 20.9 Å². The molecule has 0 saturated carbocycles. The summed E-state index contributed by atoms with van der Waals surface area (Å²) in [6.07, 6.45) is -4.87. The maximum absolute atomic E-state index is 14.6. The lowest BCUT2D eigenvalue weighted by atomic mass is 10.0. The Bertz CT molecular complexity index is 1240. The van der Waals surface area contributed by atoms with E-state index in [2.05, 4.69) is 0 Å². The Morgan fingerprint density at radius 1 is 0.795 bits per heavy atom. The molecule has 0 unspecified atom stereocenters. The summed E-state index contributed by atoms with van der Waals surface area (Å²) < 4.78 is 75.9. The highest BCUT2D eigenvalue weighted by molar-refractivity contribution is 5.87. The molecular formula is C29H29F5N2O3. The molecule has 3 aromatic carbocycles. The van der Waals surface area contributed by atoms with Gasteiger partial charge in [0, 0.05) is 30.3 Å². The van der Waals surface area contributed by atoms with E-state index in [0.717, 1.165) is 5.56 Å². The molecule has 10 heteroatoms. The molecule has 0 amide bonds. The molecule has 0 aliphatic heterocycles. The first-order valence-corrected chi connectivity index (χ1v) is 12.2. The van der Waals surface area contributed by atoms with Gasteiger partial charge >= 0.3 is 18.3 Å². The van der Waals surface area contributed by atoms with Crippen molar-refractivity contribution in [2.24, 2.45) is 0 Å². The van der Waals surface area contributed by atoms with Gasteiger partial charge in [-0.15, -0.1) is 0 Å². The highest BCUT2D eigenvalue weighted by Gasteiger charge is 2.34. The second kappa shape index (κ2) is 13.1. The number of aryl methyl sites for hydroxylation is 1. The summed E-state index contributed by atoms with van der Waals surface area (Å²) in [7, 11) is 0. The molecule has 0 saturated heterocycles. The van der Waals surface area contributed by atoms with Crippen LogP contribution in [0.5, 0.6) is 5.75 Å². The Kier molecular flexibility index (Phi) is 9.92. The molecule has 0 aliphatic carbocycles. The molecule has 0 aromatic heterocycles. The van der Waals surface area contributed by atoms with Gasteiger partial charge in [0.2, 0.25) is 0 Å². The number of anilines is 2. The van der Waals surface area contributed by atoms with E-state index < -0.39 is 24.7 Å². The van der Waals surface area contributed by atoms with E-state index in [1.54, 1.807) is 18.2 Å². The molecule has 0 spiro atoms. The van der Waals surface area contributed by atoms with Crippen molar-refractivity contribution >= 4 is 23.4 Å². The number of hydrogen-bond acceptors (Lipinski definition) is 5. The zero-order valence-electron chi connectivity index (χ0n) is 21.0. The Morgan fingerprint density at radius 2 is 1.44 bits per heavy atom. The monoisotopic (exact) mass is 548 g/mol. The fourth-order valence-corrected chi connectivity index (χ4v) is 3.75. The first kappa shape index (κ1) is 29.5. The molecule has 208 valence electrons. The molecule has 0 atom stereocenters. The Balaban J connectivity index is 1.46. The third kappa shape index (κ3) is 10.3. The van der Waals surface area contributed by atoms with Crippen molar-refractivity contribution in [2.45, 2.75) is 44.4 Å². The number of nitrogen functional groups attached to an aromatic ring is 2. The van der Waals surface area contributed by atoms with E-state index in [4.69, 9.17) is 20.9 Å². The summed E-state index contributed by atoms with van der Waals surface area (Å²) in [4.78, 5) is 12.0. The quantitative estimate of drug-likeness (QED) is 0.0833. The van der Waals surface area contributed by atoms with Crippen molar-refractivity contribution in [3.05, 3.63) is 95.1 Å². The minimum absolute atomic E-state index is 0.0169. The summed E-state index contributed by atoms with van der Waals surface area (Å²) >= 11 is 0. The summed E-state index contributed by atoms with van der Waals surface area (Å²) in [6, 6.07) is 16.1. The van der Waals surface area contributed by atoms with Gasteiger partial charge in [-0.25, -0.2) is 4.79 Å². The number of esters is 1. The summed E-state index contributed by atoms with van der Waals surface area (Å²) in [5.74, 6) is -0.653. The molecule has 0 heterocycles. The molecule has 4 N–H and O–H groups in total. The second-order valence-corrected chi connectivity index (χ2v) is 8.97. The summed E-state index contributed by atoms with van der Waals surface area (Å²) in [6.45, 7) is 0.132. The SMILES string of the molecule is Nc1cc(N)cc(CCOC(=O)/C=C/c2ccc(OC(F)(F)c3ccc(CCCCC(F)(F)F)cc3)cc2)c1. The van der Waals surface area contributed by atoms with Crippen LogP contribution in [0.1, 0.15) is 41.5 Å². The fraction of sp³-hybridized carbons (Fsp3) is 0.276. The number of nitrogens with two attached hydrogens (primary N) is 2. The molecular weight excluding hydrogens is 519 g/mol. The number of carbonyl (C=O) groups is 1. The van der Waals surface area contributed by atoms with Gasteiger partial charge in [-0.3, -0.25) is 0 Å². The van der Waals surface area contributed by atoms with Gasteiger partial charge in [0.05, 0.1) is 12.2 Å². The maximum atomic E-state index is 14.6. The molecule has 5 nitrogen and oxygen atoms in total. The smallest absolute Gasteiger partial charge is 0.426 e. The average Bonchev–Trinajstić information content (AvgIpc) is 2.85. The van der Waals surface area contributed by atoms with Crippen LogP contribution in [-0.2, 0) is 28.5 Å². The van der Waals surface area contributed by atoms with Gasteiger partial charge in [-0.1, -0.05) is 24.3 Å². The molecule has 0 radical (unpaired) electrons. The number of halogens is 5. The first-order valence-electron chi connectivity index (χ1n) is 12.2. The van der Waals surface area contributed by atoms with Crippen LogP contribution >= 0.6 is 0 Å². The number of rotatable bonds is 12. The van der Waals surface area contributed by atoms with Gasteiger partial charge in [0.25, 0.3) is 0 Å². The van der Waals surface area contributed by atoms with Crippen LogP contribution in [0, 0.1) is 0 Å². The van der Waals surface area contributed by atoms with Crippen LogP contribution in [0.15, 0.2) is 72.8 Å². The second-order valence-electron chi connectivity index (χ2n) is 8.97. The molecule has 39 heavy (non-hydrogen) atoms.